The molecule has 2 aromatic carbocycles. The lowest BCUT2D eigenvalue weighted by atomic mass is 10.1. The molecule has 0 aliphatic rings. The van der Waals surface area contributed by atoms with Crippen LogP contribution in [0.4, 0.5) is 0 Å². The molecule has 0 amide bonds. The van der Waals surface area contributed by atoms with Crippen LogP contribution in [0.5, 0.6) is 0 Å². The molecule has 0 aliphatic carbocycles. The number of benzene rings is 2. The van der Waals surface area contributed by atoms with Gasteiger partial charge in [-0.1, -0.05) is 40.2 Å². The van der Waals surface area contributed by atoms with Gasteiger partial charge in [0, 0.05) is 21.7 Å². The van der Waals surface area contributed by atoms with Crippen molar-refractivity contribution in [3.8, 4) is 11.3 Å². The molecule has 19 heavy (non-hydrogen) atoms. The highest BCUT2D eigenvalue weighted by atomic mass is 79.9. The normalized spacial score (nSPS) is 12.7. The maximum absolute atomic E-state index is 12.0. The summed E-state index contributed by atoms with van der Waals surface area (Å²) in [5.41, 5.74) is 1.70. The summed E-state index contributed by atoms with van der Waals surface area (Å²) < 4.78 is 18.9. The Morgan fingerprint density at radius 1 is 1.05 bits per heavy atom. The Morgan fingerprint density at radius 2 is 1.74 bits per heavy atom. The van der Waals surface area contributed by atoms with E-state index in [-0.39, 0.29) is 0 Å². The molecule has 0 saturated carbocycles. The molecule has 0 fully saturated rings. The minimum atomic E-state index is -1.10. The second kappa shape index (κ2) is 4.94. The number of hydrogen-bond donors (Lipinski definition) is 0. The zero-order chi connectivity index (χ0) is 13.4. The Balaban J connectivity index is 2.31. The van der Waals surface area contributed by atoms with Gasteiger partial charge < -0.3 is 4.42 Å². The van der Waals surface area contributed by atoms with E-state index in [0.29, 0.717) is 5.76 Å². The Hall–Kier alpha value is -1.39. The molecule has 1 atom stereocenters. The predicted octanol–water partition coefficient (Wildman–Crippen LogP) is 4.60. The number of fused-ring (bicyclic) bond motifs is 1. The molecule has 0 N–H and O–H groups in total. The van der Waals surface area contributed by atoms with Crippen LogP contribution in [0, 0.1) is 0 Å². The molecule has 1 heterocycles. The maximum atomic E-state index is 12.0. The van der Waals surface area contributed by atoms with E-state index >= 15 is 0 Å². The number of para-hydroxylation sites is 1. The van der Waals surface area contributed by atoms with E-state index in [1.165, 1.54) is 0 Å². The van der Waals surface area contributed by atoms with Gasteiger partial charge in [0.15, 0.2) is 5.76 Å². The second-order valence-corrected chi connectivity index (χ2v) is 6.45. The summed E-state index contributed by atoms with van der Waals surface area (Å²) in [7, 11) is -1.10. The van der Waals surface area contributed by atoms with Crippen molar-refractivity contribution in [3.05, 3.63) is 53.0 Å². The maximum Gasteiger partial charge on any atom is 0.151 e. The van der Waals surface area contributed by atoms with Gasteiger partial charge >= 0.3 is 0 Å². The van der Waals surface area contributed by atoms with Crippen molar-refractivity contribution in [3.63, 3.8) is 0 Å². The number of hydrogen-bond acceptors (Lipinski definition) is 2. The first-order valence-corrected chi connectivity index (χ1v) is 8.13. The van der Waals surface area contributed by atoms with Gasteiger partial charge in [0.1, 0.15) is 5.58 Å². The molecule has 0 radical (unpaired) electrons. The van der Waals surface area contributed by atoms with E-state index in [9.17, 15) is 4.21 Å². The van der Waals surface area contributed by atoms with Crippen LogP contribution in [-0.4, -0.2) is 10.5 Å². The summed E-state index contributed by atoms with van der Waals surface area (Å²) in [6.07, 6.45) is 1.68. The predicted molar refractivity (Wildman–Crippen MR) is 81.7 cm³/mol. The van der Waals surface area contributed by atoms with Crippen molar-refractivity contribution in [1.29, 1.82) is 0 Å². The molecular weight excluding hydrogens is 324 g/mol. The molecule has 0 bridgehead atoms. The van der Waals surface area contributed by atoms with Crippen LogP contribution in [-0.2, 0) is 10.8 Å². The lowest BCUT2D eigenvalue weighted by Crippen LogP contribution is -1.88. The molecule has 3 rings (SSSR count). The highest BCUT2D eigenvalue weighted by Gasteiger charge is 2.18. The van der Waals surface area contributed by atoms with Gasteiger partial charge in [-0.15, -0.1) is 0 Å². The Morgan fingerprint density at radius 3 is 2.42 bits per heavy atom. The van der Waals surface area contributed by atoms with E-state index in [1.807, 2.05) is 48.5 Å². The van der Waals surface area contributed by atoms with E-state index in [1.54, 1.807) is 6.26 Å². The highest BCUT2D eigenvalue weighted by Crippen LogP contribution is 2.35. The molecule has 0 aliphatic heterocycles. The summed E-state index contributed by atoms with van der Waals surface area (Å²) in [6, 6.07) is 15.5. The van der Waals surface area contributed by atoms with Crippen LogP contribution in [0.2, 0.25) is 0 Å². The zero-order valence-corrected chi connectivity index (χ0v) is 12.6. The van der Waals surface area contributed by atoms with Gasteiger partial charge in [-0.2, -0.15) is 0 Å². The third-order valence-electron chi connectivity index (χ3n) is 2.94. The van der Waals surface area contributed by atoms with Crippen LogP contribution in [0.3, 0.4) is 0 Å². The largest absolute Gasteiger partial charge is 0.455 e. The summed E-state index contributed by atoms with van der Waals surface area (Å²) >= 11 is 3.41. The SMILES string of the molecule is CS(=O)c1c(-c2ccc(Br)cc2)oc2ccccc12. The van der Waals surface area contributed by atoms with E-state index in [0.717, 1.165) is 25.9 Å². The molecule has 1 unspecified atom stereocenters. The van der Waals surface area contributed by atoms with Gasteiger partial charge in [-0.3, -0.25) is 4.21 Å². The Kier molecular flexibility index (Phi) is 3.29. The third kappa shape index (κ3) is 2.26. The summed E-state index contributed by atoms with van der Waals surface area (Å²) in [5.74, 6) is 0.689. The molecule has 96 valence electrons. The van der Waals surface area contributed by atoms with Gasteiger partial charge in [0.25, 0.3) is 0 Å². The number of furan rings is 1. The Labute approximate surface area is 122 Å². The number of halogens is 1. The van der Waals surface area contributed by atoms with Crippen LogP contribution < -0.4 is 0 Å². The molecule has 0 spiro atoms. The molecule has 3 aromatic rings. The van der Waals surface area contributed by atoms with Crippen molar-refractivity contribution in [2.45, 2.75) is 4.90 Å². The Bertz CT molecular complexity index is 759. The summed E-state index contributed by atoms with van der Waals surface area (Å²) in [6.45, 7) is 0. The summed E-state index contributed by atoms with van der Waals surface area (Å²) in [5, 5.41) is 0.918. The zero-order valence-electron chi connectivity index (χ0n) is 10.2. The number of rotatable bonds is 2. The monoisotopic (exact) mass is 334 g/mol. The first-order valence-electron chi connectivity index (χ1n) is 5.77. The molecule has 1 aromatic heterocycles. The highest BCUT2D eigenvalue weighted by molar-refractivity contribution is 9.10. The van der Waals surface area contributed by atoms with Crippen LogP contribution in [0.25, 0.3) is 22.3 Å². The van der Waals surface area contributed by atoms with Gasteiger partial charge in [0.05, 0.1) is 15.7 Å². The summed E-state index contributed by atoms with van der Waals surface area (Å²) in [4.78, 5) is 0.762. The fourth-order valence-electron chi connectivity index (χ4n) is 2.10. The van der Waals surface area contributed by atoms with Crippen LogP contribution in [0.1, 0.15) is 0 Å². The fraction of sp³-hybridized carbons (Fsp3) is 0.0667. The minimum Gasteiger partial charge on any atom is -0.455 e. The topological polar surface area (TPSA) is 30.2 Å². The minimum absolute atomic E-state index is 0.689. The van der Waals surface area contributed by atoms with Crippen molar-refractivity contribution in [2.75, 3.05) is 6.26 Å². The lowest BCUT2D eigenvalue weighted by Gasteiger charge is -2.00. The standard InChI is InChI=1S/C15H11BrO2S/c1-19(17)15-12-4-2-3-5-13(12)18-14(15)10-6-8-11(16)9-7-10/h2-9H,1H3. The smallest absolute Gasteiger partial charge is 0.151 e. The molecule has 0 saturated heterocycles. The van der Waals surface area contributed by atoms with Crippen LogP contribution in [0.15, 0.2) is 62.3 Å². The first kappa shape index (κ1) is 12.6. The first-order chi connectivity index (χ1) is 9.16. The van der Waals surface area contributed by atoms with Gasteiger partial charge in [0.2, 0.25) is 0 Å². The fourth-order valence-corrected chi connectivity index (χ4v) is 3.26. The van der Waals surface area contributed by atoms with Crippen LogP contribution >= 0.6 is 15.9 Å². The van der Waals surface area contributed by atoms with Gasteiger partial charge in [-0.25, -0.2) is 0 Å². The van der Waals surface area contributed by atoms with E-state index < -0.39 is 10.8 Å². The van der Waals surface area contributed by atoms with Gasteiger partial charge in [-0.05, 0) is 24.3 Å². The quantitative estimate of drug-likeness (QED) is 0.685. The average molecular weight is 335 g/mol. The lowest BCUT2D eigenvalue weighted by molar-refractivity contribution is 0.622. The van der Waals surface area contributed by atoms with E-state index in [2.05, 4.69) is 15.9 Å². The molecular formula is C15H11BrO2S. The van der Waals surface area contributed by atoms with Crippen molar-refractivity contribution >= 4 is 37.7 Å². The third-order valence-corrected chi connectivity index (χ3v) is 4.45. The molecule has 2 nitrogen and oxygen atoms in total. The van der Waals surface area contributed by atoms with Crippen molar-refractivity contribution in [1.82, 2.24) is 0 Å². The van der Waals surface area contributed by atoms with E-state index in [4.69, 9.17) is 4.42 Å². The molecule has 4 heteroatoms. The van der Waals surface area contributed by atoms with Crippen molar-refractivity contribution < 1.29 is 8.63 Å². The van der Waals surface area contributed by atoms with Crippen molar-refractivity contribution in [2.24, 2.45) is 0 Å². The average Bonchev–Trinajstić information content (AvgIpc) is 2.78. The second-order valence-electron chi connectivity index (χ2n) is 4.22.